The Hall–Kier alpha value is -1.22. The molecule has 0 saturated carbocycles. The van der Waals surface area contributed by atoms with E-state index in [0.29, 0.717) is 24.9 Å². The van der Waals surface area contributed by atoms with Gasteiger partial charge in [0.1, 0.15) is 5.75 Å². The second kappa shape index (κ2) is 6.95. The second-order valence-electron chi connectivity index (χ2n) is 4.82. The molecule has 4 nitrogen and oxygen atoms in total. The third kappa shape index (κ3) is 3.42. The van der Waals surface area contributed by atoms with E-state index in [1.165, 1.54) is 12.1 Å². The summed E-state index contributed by atoms with van der Waals surface area (Å²) in [6.45, 7) is 0. The number of phenolic OH excluding ortho intramolecular Hbond substituents is 1. The predicted molar refractivity (Wildman–Crippen MR) is 106 cm³/mol. The summed E-state index contributed by atoms with van der Waals surface area (Å²) in [4.78, 5) is 26.0. The van der Waals surface area contributed by atoms with Crippen molar-refractivity contribution >= 4 is 80.5 Å². The van der Waals surface area contributed by atoms with Gasteiger partial charge in [0.2, 0.25) is 0 Å². The largest absolute Gasteiger partial charge is 0.506 e. The summed E-state index contributed by atoms with van der Waals surface area (Å²) in [5.41, 5.74) is 0.779. The molecule has 0 aliphatic carbocycles. The molecule has 24 heavy (non-hydrogen) atoms. The summed E-state index contributed by atoms with van der Waals surface area (Å²) in [7, 11) is 0. The fourth-order valence-corrected chi connectivity index (χ4v) is 4.22. The molecule has 1 fully saturated rings. The minimum absolute atomic E-state index is 0.00885. The maximum absolute atomic E-state index is 12.6. The van der Waals surface area contributed by atoms with E-state index in [1.54, 1.807) is 30.3 Å². The average molecular weight is 492 g/mol. The van der Waals surface area contributed by atoms with Crippen LogP contribution in [0.5, 0.6) is 5.75 Å². The third-order valence-corrected chi connectivity index (χ3v) is 5.35. The number of amides is 2. The Balaban J connectivity index is 2.00. The number of nitrogens with zero attached hydrogens (tertiary/aromatic N) is 1. The molecule has 0 spiro atoms. The van der Waals surface area contributed by atoms with Gasteiger partial charge in [-0.3, -0.25) is 9.59 Å². The zero-order valence-electron chi connectivity index (χ0n) is 11.8. The summed E-state index contributed by atoms with van der Waals surface area (Å²) in [6.07, 6.45) is 1.46. The maximum atomic E-state index is 12.6. The Bertz CT molecular complexity index is 901. The molecule has 0 radical (unpaired) electrons. The van der Waals surface area contributed by atoms with Crippen LogP contribution in [0.1, 0.15) is 5.56 Å². The van der Waals surface area contributed by atoms with Gasteiger partial charge in [0, 0.05) is 15.6 Å². The highest BCUT2D eigenvalue weighted by Crippen LogP contribution is 2.38. The maximum Gasteiger partial charge on any atom is 0.298 e. The van der Waals surface area contributed by atoms with E-state index in [4.69, 9.17) is 23.2 Å². The molecular formula is C16H8Cl2INO3S. The zero-order valence-corrected chi connectivity index (χ0v) is 16.3. The SMILES string of the molecule is O=C1S/C(=C/c2cc(Cl)cc(I)c2O)C(=O)N1c1cccc(Cl)c1. The lowest BCUT2D eigenvalue weighted by Gasteiger charge is -2.12. The van der Waals surface area contributed by atoms with Crippen molar-refractivity contribution in [2.24, 2.45) is 0 Å². The number of carbonyl (C=O) groups excluding carboxylic acids is 2. The average Bonchev–Trinajstić information content (AvgIpc) is 2.78. The van der Waals surface area contributed by atoms with Gasteiger partial charge in [-0.1, -0.05) is 29.3 Å². The van der Waals surface area contributed by atoms with Crippen LogP contribution < -0.4 is 4.90 Å². The summed E-state index contributed by atoms with van der Waals surface area (Å²) in [5, 5.41) is 10.5. The standard InChI is InChI=1S/C16H8Cl2INO3S/c17-9-2-1-3-11(6-9)20-15(22)13(24-16(20)23)5-8-4-10(18)7-12(19)14(8)21/h1-7,21H/b13-5+. The van der Waals surface area contributed by atoms with Gasteiger partial charge in [-0.15, -0.1) is 0 Å². The number of anilines is 1. The fourth-order valence-electron chi connectivity index (χ4n) is 2.14. The molecule has 0 aromatic heterocycles. The van der Waals surface area contributed by atoms with Gasteiger partial charge in [0.05, 0.1) is 14.2 Å². The lowest BCUT2D eigenvalue weighted by atomic mass is 10.2. The normalized spacial score (nSPS) is 16.3. The minimum atomic E-state index is -0.471. The Morgan fingerprint density at radius 2 is 1.88 bits per heavy atom. The first-order chi connectivity index (χ1) is 11.4. The van der Waals surface area contributed by atoms with Crippen molar-refractivity contribution in [3.63, 3.8) is 0 Å². The molecule has 0 unspecified atom stereocenters. The Morgan fingerprint density at radius 3 is 2.58 bits per heavy atom. The minimum Gasteiger partial charge on any atom is -0.506 e. The molecule has 1 saturated heterocycles. The van der Waals surface area contributed by atoms with Crippen molar-refractivity contribution in [2.45, 2.75) is 0 Å². The molecule has 1 heterocycles. The number of imide groups is 1. The van der Waals surface area contributed by atoms with E-state index in [0.717, 1.165) is 16.7 Å². The van der Waals surface area contributed by atoms with Crippen molar-refractivity contribution in [1.29, 1.82) is 0 Å². The van der Waals surface area contributed by atoms with E-state index >= 15 is 0 Å². The monoisotopic (exact) mass is 491 g/mol. The molecule has 0 atom stereocenters. The van der Waals surface area contributed by atoms with Gasteiger partial charge >= 0.3 is 0 Å². The van der Waals surface area contributed by atoms with Crippen LogP contribution in [-0.4, -0.2) is 16.3 Å². The fraction of sp³-hybridized carbons (Fsp3) is 0. The van der Waals surface area contributed by atoms with Gasteiger partial charge in [0.25, 0.3) is 11.1 Å². The van der Waals surface area contributed by atoms with Crippen molar-refractivity contribution in [1.82, 2.24) is 0 Å². The molecule has 1 aliphatic rings. The number of hydrogen-bond acceptors (Lipinski definition) is 4. The van der Waals surface area contributed by atoms with Crippen molar-refractivity contribution in [2.75, 3.05) is 4.90 Å². The smallest absolute Gasteiger partial charge is 0.298 e. The van der Waals surface area contributed by atoms with Crippen LogP contribution in [0, 0.1) is 3.57 Å². The van der Waals surface area contributed by atoms with Crippen LogP contribution in [0.4, 0.5) is 10.5 Å². The molecule has 2 amide bonds. The van der Waals surface area contributed by atoms with Crippen molar-refractivity contribution in [3.8, 4) is 5.75 Å². The zero-order chi connectivity index (χ0) is 17.4. The number of aromatic hydroxyl groups is 1. The highest BCUT2D eigenvalue weighted by Gasteiger charge is 2.36. The number of halogens is 3. The summed E-state index contributed by atoms with van der Waals surface area (Å²) in [6, 6.07) is 9.63. The molecule has 2 aromatic rings. The highest BCUT2D eigenvalue weighted by atomic mass is 127. The van der Waals surface area contributed by atoms with Crippen molar-refractivity contribution < 1.29 is 14.7 Å². The number of benzene rings is 2. The molecule has 0 bridgehead atoms. The number of carbonyl (C=O) groups is 2. The van der Waals surface area contributed by atoms with Crippen LogP contribution in [0.2, 0.25) is 10.0 Å². The van der Waals surface area contributed by atoms with E-state index in [1.807, 2.05) is 22.6 Å². The Morgan fingerprint density at radius 1 is 1.12 bits per heavy atom. The number of hydrogen-bond donors (Lipinski definition) is 1. The molecule has 8 heteroatoms. The summed E-state index contributed by atoms with van der Waals surface area (Å²) < 4.78 is 0.556. The van der Waals surface area contributed by atoms with Crippen LogP contribution in [0.3, 0.4) is 0 Å². The molecular weight excluding hydrogens is 484 g/mol. The number of thioether (sulfide) groups is 1. The quantitative estimate of drug-likeness (QED) is 0.442. The number of rotatable bonds is 2. The lowest BCUT2D eigenvalue weighted by molar-refractivity contribution is -0.113. The first kappa shape index (κ1) is 17.6. The number of phenols is 1. The molecule has 1 aliphatic heterocycles. The summed E-state index contributed by atoms with van der Waals surface area (Å²) in [5.74, 6) is -0.462. The first-order valence-corrected chi connectivity index (χ1v) is 9.23. The topological polar surface area (TPSA) is 57.6 Å². The van der Waals surface area contributed by atoms with Crippen LogP contribution in [-0.2, 0) is 4.79 Å². The summed E-state index contributed by atoms with van der Waals surface area (Å²) >= 11 is 14.6. The van der Waals surface area contributed by atoms with Crippen molar-refractivity contribution in [3.05, 3.63) is 60.5 Å². The Labute approximate surface area is 165 Å². The predicted octanol–water partition coefficient (Wildman–Crippen LogP) is 5.54. The van der Waals surface area contributed by atoms with Crippen LogP contribution in [0.15, 0.2) is 41.3 Å². The lowest BCUT2D eigenvalue weighted by Crippen LogP contribution is -2.27. The van der Waals surface area contributed by atoms with E-state index < -0.39 is 11.1 Å². The van der Waals surface area contributed by atoms with Gasteiger partial charge in [-0.25, -0.2) is 4.90 Å². The molecule has 122 valence electrons. The molecule has 3 rings (SSSR count). The van der Waals surface area contributed by atoms with Crippen LogP contribution in [0.25, 0.3) is 6.08 Å². The van der Waals surface area contributed by atoms with Gasteiger partial charge in [-0.05, 0) is 70.8 Å². The second-order valence-corrected chi connectivity index (χ2v) is 7.85. The van der Waals surface area contributed by atoms with Gasteiger partial charge in [0.15, 0.2) is 0 Å². The van der Waals surface area contributed by atoms with Gasteiger partial charge < -0.3 is 5.11 Å². The molecule has 2 aromatic carbocycles. The third-order valence-electron chi connectivity index (χ3n) is 3.20. The van der Waals surface area contributed by atoms with Crippen LogP contribution >= 0.6 is 57.6 Å². The van der Waals surface area contributed by atoms with Gasteiger partial charge in [-0.2, -0.15) is 0 Å². The van der Waals surface area contributed by atoms with E-state index in [9.17, 15) is 14.7 Å². The Kier molecular flexibility index (Phi) is 5.10. The first-order valence-electron chi connectivity index (χ1n) is 6.58. The van der Waals surface area contributed by atoms with E-state index in [-0.39, 0.29) is 10.7 Å². The highest BCUT2D eigenvalue weighted by molar-refractivity contribution is 14.1. The molecule has 1 N–H and O–H groups in total. The van der Waals surface area contributed by atoms with E-state index in [2.05, 4.69) is 0 Å².